The minimum absolute atomic E-state index is 0.00972. The van der Waals surface area contributed by atoms with E-state index in [4.69, 9.17) is 9.47 Å². The van der Waals surface area contributed by atoms with Crippen LogP contribution in [-0.4, -0.2) is 71.1 Å². The molecule has 4 aromatic rings. The molecular formula is C37H39N7O5. The Morgan fingerprint density at radius 2 is 1.45 bits per heavy atom. The van der Waals surface area contributed by atoms with Gasteiger partial charge in [-0.1, -0.05) is 66.4 Å². The smallest absolute Gasteiger partial charge is 0.246 e. The topological polar surface area (TPSA) is 149 Å². The Balaban J connectivity index is 0.890. The fourth-order valence-electron chi connectivity index (χ4n) is 5.06. The maximum atomic E-state index is 13.3. The van der Waals surface area contributed by atoms with Crippen LogP contribution in [0.1, 0.15) is 53.8 Å². The summed E-state index contributed by atoms with van der Waals surface area (Å²) in [5.74, 6) is 7.07. The number of para-hydroxylation sites is 1. The Bertz CT molecular complexity index is 1790. The summed E-state index contributed by atoms with van der Waals surface area (Å²) in [6.45, 7) is 3.70. The number of rotatable bonds is 16. The lowest BCUT2D eigenvalue weighted by Gasteiger charge is -2.26. The highest BCUT2D eigenvalue weighted by Crippen LogP contribution is 2.26. The van der Waals surface area contributed by atoms with E-state index in [1.165, 1.54) is 0 Å². The van der Waals surface area contributed by atoms with E-state index in [0.717, 1.165) is 33.5 Å². The SMILES string of the molecule is Cc1nnc(-c2ccc(CNC(=O)COCCOCCNC(=O)CCCCC(=O)N3Cc4ccccc4C#Cc4ccccc43)cc2)nn1. The van der Waals surface area contributed by atoms with Crippen LogP contribution in [0.25, 0.3) is 11.4 Å². The van der Waals surface area contributed by atoms with Crippen molar-refractivity contribution < 1.29 is 23.9 Å². The number of hydrogen-bond acceptors (Lipinski definition) is 9. The van der Waals surface area contributed by atoms with E-state index in [0.29, 0.717) is 70.2 Å². The highest BCUT2D eigenvalue weighted by atomic mass is 16.5. The van der Waals surface area contributed by atoms with Crippen molar-refractivity contribution in [2.24, 2.45) is 0 Å². The lowest BCUT2D eigenvalue weighted by atomic mass is 10.0. The molecule has 0 unspecified atom stereocenters. The average Bonchev–Trinajstić information content (AvgIpc) is 3.12. The first-order valence-electron chi connectivity index (χ1n) is 16.3. The number of amides is 3. The van der Waals surface area contributed by atoms with Crippen molar-refractivity contribution in [1.82, 2.24) is 31.0 Å². The van der Waals surface area contributed by atoms with E-state index in [2.05, 4.69) is 42.9 Å². The fraction of sp³-hybridized carbons (Fsp3) is 0.324. The number of aryl methyl sites for hydroxylation is 1. The minimum Gasteiger partial charge on any atom is -0.377 e. The van der Waals surface area contributed by atoms with Gasteiger partial charge in [0.15, 0.2) is 5.82 Å². The van der Waals surface area contributed by atoms with Crippen molar-refractivity contribution in [3.63, 3.8) is 0 Å². The molecule has 0 atom stereocenters. The molecule has 2 N–H and O–H groups in total. The van der Waals surface area contributed by atoms with Crippen LogP contribution < -0.4 is 15.5 Å². The number of unbranched alkanes of at least 4 members (excludes halogenated alkanes) is 1. The van der Waals surface area contributed by atoms with Crippen molar-refractivity contribution in [3.05, 3.63) is 101 Å². The van der Waals surface area contributed by atoms with Crippen molar-refractivity contribution in [1.29, 1.82) is 0 Å². The average molecular weight is 662 g/mol. The van der Waals surface area contributed by atoms with E-state index < -0.39 is 0 Å². The first-order valence-corrected chi connectivity index (χ1v) is 16.3. The Kier molecular flexibility index (Phi) is 12.9. The number of aromatic nitrogens is 4. The molecule has 0 bridgehead atoms. The van der Waals surface area contributed by atoms with Crippen LogP contribution in [0, 0.1) is 18.8 Å². The van der Waals surface area contributed by atoms with Gasteiger partial charge in [0.25, 0.3) is 0 Å². The first-order chi connectivity index (χ1) is 24.0. The van der Waals surface area contributed by atoms with Gasteiger partial charge in [-0.25, -0.2) is 0 Å². The predicted octanol–water partition coefficient (Wildman–Crippen LogP) is 3.51. The van der Waals surface area contributed by atoms with Crippen molar-refractivity contribution in [2.45, 2.75) is 45.7 Å². The molecule has 2 heterocycles. The summed E-state index contributed by atoms with van der Waals surface area (Å²) in [5.41, 5.74) is 5.27. The van der Waals surface area contributed by atoms with Gasteiger partial charge in [0.1, 0.15) is 6.61 Å². The number of anilines is 1. The highest BCUT2D eigenvalue weighted by Gasteiger charge is 2.21. The first kappa shape index (κ1) is 34.8. The molecule has 0 aliphatic carbocycles. The number of carbonyl (C=O) groups is 3. The van der Waals surface area contributed by atoms with Gasteiger partial charge in [-0.2, -0.15) is 0 Å². The van der Waals surface area contributed by atoms with E-state index in [-0.39, 0.29) is 30.9 Å². The van der Waals surface area contributed by atoms with Crippen LogP contribution in [0.3, 0.4) is 0 Å². The Labute approximate surface area is 285 Å². The second kappa shape index (κ2) is 18.1. The normalized spacial score (nSPS) is 11.7. The van der Waals surface area contributed by atoms with Gasteiger partial charge in [-0.3, -0.25) is 14.4 Å². The molecule has 0 spiro atoms. The minimum atomic E-state index is -0.236. The molecule has 0 saturated carbocycles. The number of hydrogen-bond donors (Lipinski definition) is 2. The van der Waals surface area contributed by atoms with Crippen LogP contribution in [-0.2, 0) is 36.9 Å². The van der Waals surface area contributed by atoms with Crippen molar-refractivity contribution in [2.75, 3.05) is 37.9 Å². The quantitative estimate of drug-likeness (QED) is 0.136. The van der Waals surface area contributed by atoms with Crippen molar-refractivity contribution >= 4 is 23.4 Å². The van der Waals surface area contributed by atoms with E-state index in [1.807, 2.05) is 72.8 Å². The number of nitrogens with zero attached hydrogens (tertiary/aromatic N) is 5. The van der Waals surface area contributed by atoms with Gasteiger partial charge in [0.2, 0.25) is 23.5 Å². The number of nitrogens with one attached hydrogen (secondary N) is 2. The molecule has 12 heteroatoms. The summed E-state index contributed by atoms with van der Waals surface area (Å²) < 4.78 is 10.9. The highest BCUT2D eigenvalue weighted by molar-refractivity contribution is 5.95. The molecule has 0 radical (unpaired) electrons. The molecule has 252 valence electrons. The summed E-state index contributed by atoms with van der Waals surface area (Å²) in [6, 6.07) is 23.0. The molecule has 1 aliphatic rings. The molecule has 0 fully saturated rings. The van der Waals surface area contributed by atoms with E-state index in [1.54, 1.807) is 11.8 Å². The monoisotopic (exact) mass is 661 g/mol. The van der Waals surface area contributed by atoms with Gasteiger partial charge in [0.05, 0.1) is 32.1 Å². The molecular weight excluding hydrogens is 622 g/mol. The molecule has 1 aliphatic heterocycles. The van der Waals surface area contributed by atoms with Crippen LogP contribution >= 0.6 is 0 Å². The number of ether oxygens (including phenoxy) is 2. The molecule has 5 rings (SSSR count). The van der Waals surface area contributed by atoms with Crippen LogP contribution in [0.2, 0.25) is 0 Å². The third-order valence-electron chi connectivity index (χ3n) is 7.67. The van der Waals surface area contributed by atoms with Crippen LogP contribution in [0.15, 0.2) is 72.8 Å². The summed E-state index contributed by atoms with van der Waals surface area (Å²) in [5, 5.41) is 21.5. The largest absolute Gasteiger partial charge is 0.377 e. The summed E-state index contributed by atoms with van der Waals surface area (Å²) in [6.07, 6.45) is 1.87. The lowest BCUT2D eigenvalue weighted by Crippen LogP contribution is -2.31. The zero-order valence-electron chi connectivity index (χ0n) is 27.5. The molecule has 12 nitrogen and oxygen atoms in total. The second-order valence-electron chi connectivity index (χ2n) is 11.4. The summed E-state index contributed by atoms with van der Waals surface area (Å²) >= 11 is 0. The molecule has 3 aromatic carbocycles. The van der Waals surface area contributed by atoms with Gasteiger partial charge in [0, 0.05) is 42.6 Å². The predicted molar refractivity (Wildman–Crippen MR) is 183 cm³/mol. The summed E-state index contributed by atoms with van der Waals surface area (Å²) in [4.78, 5) is 39.5. The van der Waals surface area contributed by atoms with Crippen molar-refractivity contribution in [3.8, 4) is 23.2 Å². The van der Waals surface area contributed by atoms with Crippen LogP contribution in [0.5, 0.6) is 0 Å². The molecule has 1 aromatic heterocycles. The lowest BCUT2D eigenvalue weighted by molar-refractivity contribution is -0.126. The van der Waals surface area contributed by atoms with E-state index >= 15 is 0 Å². The maximum Gasteiger partial charge on any atom is 0.246 e. The second-order valence-corrected chi connectivity index (χ2v) is 11.4. The third kappa shape index (κ3) is 10.8. The Morgan fingerprint density at radius 3 is 2.27 bits per heavy atom. The standard InChI is InChI=1S/C37H39N7O5/c1-27-40-42-37(43-41-27)31-16-14-28(15-17-31)24-39-35(46)26-49-23-22-48-21-20-38-34(45)12-6-7-13-36(47)44-25-32-10-3-2-8-29(32)18-19-30-9-4-5-11-33(30)44/h2-5,8-11,14-17H,6-7,12-13,20-26H2,1H3,(H,38,45)(H,39,46). The van der Waals surface area contributed by atoms with E-state index in [9.17, 15) is 14.4 Å². The zero-order chi connectivity index (χ0) is 34.3. The Morgan fingerprint density at radius 1 is 0.755 bits per heavy atom. The van der Waals surface area contributed by atoms with Gasteiger partial charge in [-0.05, 0) is 49.1 Å². The van der Waals surface area contributed by atoms with Gasteiger partial charge < -0.3 is 25.0 Å². The number of fused-ring (bicyclic) bond motifs is 2. The third-order valence-corrected chi connectivity index (χ3v) is 7.67. The zero-order valence-corrected chi connectivity index (χ0v) is 27.5. The molecule has 0 saturated heterocycles. The van der Waals surface area contributed by atoms with Gasteiger partial charge in [-0.15, -0.1) is 20.4 Å². The summed E-state index contributed by atoms with van der Waals surface area (Å²) in [7, 11) is 0. The number of carbonyl (C=O) groups excluding carboxylic acids is 3. The van der Waals surface area contributed by atoms with Gasteiger partial charge >= 0.3 is 0 Å². The maximum absolute atomic E-state index is 13.3. The Hall–Kier alpha value is -5.51. The molecule has 3 amide bonds. The van der Waals surface area contributed by atoms with Crippen LogP contribution in [0.4, 0.5) is 5.69 Å². The molecule has 49 heavy (non-hydrogen) atoms. The fourth-order valence-corrected chi connectivity index (χ4v) is 5.06. The number of benzene rings is 3.